The van der Waals surface area contributed by atoms with Gasteiger partial charge in [0.15, 0.2) is 0 Å². The normalized spacial score (nSPS) is 12.0. The molecule has 0 spiro atoms. The summed E-state index contributed by atoms with van der Waals surface area (Å²) in [5.74, 6) is -0.861. The zero-order chi connectivity index (χ0) is 30.0. The summed E-state index contributed by atoms with van der Waals surface area (Å²) in [5, 5.41) is 2.90. The van der Waals surface area contributed by atoms with Crippen LogP contribution in [0.25, 0.3) is 0 Å². The first-order chi connectivity index (χ1) is 19.5. The molecule has 0 fully saturated rings. The molecule has 10 heteroatoms. The molecule has 0 aliphatic heterocycles. The SMILES string of the molecule is CCOc1ccc(N(CC(=O)N(Cc2ccccc2F)[C@@H](Cc2ccccc2)C(=O)NCC(C)C)S(C)(=O)=O)cc1. The van der Waals surface area contributed by atoms with E-state index in [0.29, 0.717) is 18.9 Å². The highest BCUT2D eigenvalue weighted by Crippen LogP contribution is 2.23. The zero-order valence-corrected chi connectivity index (χ0v) is 24.7. The van der Waals surface area contributed by atoms with Gasteiger partial charge in [0.05, 0.1) is 18.6 Å². The molecule has 3 aromatic carbocycles. The molecule has 1 N–H and O–H groups in total. The van der Waals surface area contributed by atoms with E-state index in [-0.39, 0.29) is 30.1 Å². The molecule has 0 aliphatic rings. The first-order valence-electron chi connectivity index (χ1n) is 13.5. The minimum Gasteiger partial charge on any atom is -0.494 e. The molecule has 3 aromatic rings. The average molecular weight is 584 g/mol. The third kappa shape index (κ3) is 9.31. The first kappa shape index (κ1) is 31.6. The lowest BCUT2D eigenvalue weighted by Crippen LogP contribution is -2.53. The molecule has 2 amide bonds. The van der Waals surface area contributed by atoms with Gasteiger partial charge in [-0.25, -0.2) is 12.8 Å². The number of sulfonamides is 1. The monoisotopic (exact) mass is 583 g/mol. The molecule has 0 unspecified atom stereocenters. The van der Waals surface area contributed by atoms with Crippen LogP contribution in [-0.2, 0) is 32.6 Å². The van der Waals surface area contributed by atoms with E-state index in [1.54, 1.807) is 42.5 Å². The van der Waals surface area contributed by atoms with Crippen molar-refractivity contribution < 1.29 is 27.1 Å². The largest absolute Gasteiger partial charge is 0.494 e. The van der Waals surface area contributed by atoms with Gasteiger partial charge in [-0.2, -0.15) is 0 Å². The summed E-state index contributed by atoms with van der Waals surface area (Å²) in [4.78, 5) is 28.9. The summed E-state index contributed by atoms with van der Waals surface area (Å²) in [6.45, 7) is 5.77. The van der Waals surface area contributed by atoms with E-state index >= 15 is 0 Å². The van der Waals surface area contributed by atoms with E-state index in [2.05, 4.69) is 5.32 Å². The molecule has 220 valence electrons. The highest BCUT2D eigenvalue weighted by atomic mass is 32.2. The zero-order valence-electron chi connectivity index (χ0n) is 23.9. The molecule has 0 saturated heterocycles. The minimum atomic E-state index is -3.91. The lowest BCUT2D eigenvalue weighted by Gasteiger charge is -2.33. The molecule has 0 aliphatic carbocycles. The topological polar surface area (TPSA) is 96.0 Å². The molecule has 0 bridgehead atoms. The van der Waals surface area contributed by atoms with Crippen LogP contribution in [0.1, 0.15) is 31.9 Å². The Morgan fingerprint density at radius 2 is 1.59 bits per heavy atom. The highest BCUT2D eigenvalue weighted by Gasteiger charge is 2.33. The van der Waals surface area contributed by atoms with Gasteiger partial charge in [0.25, 0.3) is 0 Å². The number of amides is 2. The second kappa shape index (κ2) is 14.6. The summed E-state index contributed by atoms with van der Waals surface area (Å²) in [7, 11) is -3.91. The standard InChI is InChI=1S/C31H38FN3O5S/c1-5-40-27-17-15-26(16-18-27)35(41(4,38)39)22-30(36)34(21-25-13-9-10-14-28(25)32)29(31(37)33-20-23(2)3)19-24-11-7-6-8-12-24/h6-18,23,29H,5,19-22H2,1-4H3,(H,33,37)/t29-/m0/s1. The van der Waals surface area contributed by atoms with Crippen molar-refractivity contribution >= 4 is 27.5 Å². The van der Waals surface area contributed by atoms with Crippen LogP contribution in [0.3, 0.4) is 0 Å². The number of halogens is 1. The van der Waals surface area contributed by atoms with Crippen molar-refractivity contribution in [3.05, 3.63) is 95.8 Å². The number of hydrogen-bond donors (Lipinski definition) is 1. The van der Waals surface area contributed by atoms with Crippen molar-refractivity contribution in [2.75, 3.05) is 30.3 Å². The van der Waals surface area contributed by atoms with E-state index in [4.69, 9.17) is 4.74 Å². The van der Waals surface area contributed by atoms with Gasteiger partial charge in [0.1, 0.15) is 24.2 Å². The fourth-order valence-electron chi connectivity index (χ4n) is 4.28. The number of ether oxygens (including phenoxy) is 1. The molecule has 0 radical (unpaired) electrons. The van der Waals surface area contributed by atoms with Crippen molar-refractivity contribution in [2.24, 2.45) is 5.92 Å². The quantitative estimate of drug-likeness (QED) is 0.304. The van der Waals surface area contributed by atoms with Crippen LogP contribution in [0.5, 0.6) is 5.75 Å². The maximum absolute atomic E-state index is 14.8. The predicted molar refractivity (Wildman–Crippen MR) is 159 cm³/mol. The third-order valence-electron chi connectivity index (χ3n) is 6.37. The van der Waals surface area contributed by atoms with Crippen molar-refractivity contribution in [3.8, 4) is 5.75 Å². The Bertz CT molecular complexity index is 1400. The Kier molecular flexibility index (Phi) is 11.3. The van der Waals surface area contributed by atoms with E-state index in [0.717, 1.165) is 16.1 Å². The third-order valence-corrected chi connectivity index (χ3v) is 7.51. The first-order valence-corrected chi connectivity index (χ1v) is 15.4. The van der Waals surface area contributed by atoms with Gasteiger partial charge in [-0.1, -0.05) is 62.4 Å². The Hall–Kier alpha value is -3.92. The number of benzene rings is 3. The fraction of sp³-hybridized carbons (Fsp3) is 0.355. The van der Waals surface area contributed by atoms with Crippen LogP contribution >= 0.6 is 0 Å². The van der Waals surface area contributed by atoms with E-state index in [1.807, 2.05) is 51.1 Å². The second-order valence-corrected chi connectivity index (χ2v) is 12.1. The smallest absolute Gasteiger partial charge is 0.244 e. The number of carbonyl (C=O) groups excluding carboxylic acids is 2. The summed E-state index contributed by atoms with van der Waals surface area (Å²) in [6, 6.07) is 20.5. The maximum Gasteiger partial charge on any atom is 0.244 e. The lowest BCUT2D eigenvalue weighted by molar-refractivity contribution is -0.140. The summed E-state index contributed by atoms with van der Waals surface area (Å²) < 4.78 is 47.0. The Labute approximate surface area is 242 Å². The van der Waals surface area contributed by atoms with Gasteiger partial charge >= 0.3 is 0 Å². The summed E-state index contributed by atoms with van der Waals surface area (Å²) in [6.07, 6.45) is 1.17. The number of carbonyl (C=O) groups is 2. The van der Waals surface area contributed by atoms with Crippen LogP contribution in [0, 0.1) is 11.7 Å². The fourth-order valence-corrected chi connectivity index (χ4v) is 5.13. The van der Waals surface area contributed by atoms with E-state index in [1.165, 1.54) is 11.0 Å². The van der Waals surface area contributed by atoms with Crippen molar-refractivity contribution in [3.63, 3.8) is 0 Å². The van der Waals surface area contributed by atoms with Gasteiger partial charge < -0.3 is 15.0 Å². The van der Waals surface area contributed by atoms with Crippen LogP contribution in [-0.4, -0.2) is 57.1 Å². The number of hydrogen-bond acceptors (Lipinski definition) is 5. The molecule has 1 atom stereocenters. The Balaban J connectivity index is 2.03. The molecule has 0 heterocycles. The van der Waals surface area contributed by atoms with Crippen molar-refractivity contribution in [2.45, 2.75) is 39.8 Å². The highest BCUT2D eigenvalue weighted by molar-refractivity contribution is 7.92. The second-order valence-electron chi connectivity index (χ2n) is 10.2. The van der Waals surface area contributed by atoms with Gasteiger partial charge in [-0.15, -0.1) is 0 Å². The van der Waals surface area contributed by atoms with Crippen molar-refractivity contribution in [1.29, 1.82) is 0 Å². The van der Waals surface area contributed by atoms with Gasteiger partial charge in [0.2, 0.25) is 21.8 Å². The number of nitrogens with zero attached hydrogens (tertiary/aromatic N) is 2. The Morgan fingerprint density at radius 1 is 0.951 bits per heavy atom. The van der Waals surface area contributed by atoms with Crippen LogP contribution < -0.4 is 14.4 Å². The van der Waals surface area contributed by atoms with Crippen molar-refractivity contribution in [1.82, 2.24) is 10.2 Å². The van der Waals surface area contributed by atoms with Gasteiger partial charge in [-0.05, 0) is 48.7 Å². The predicted octanol–water partition coefficient (Wildman–Crippen LogP) is 4.40. The molecule has 41 heavy (non-hydrogen) atoms. The molecule has 0 saturated carbocycles. The van der Waals surface area contributed by atoms with Gasteiger partial charge in [-0.3, -0.25) is 13.9 Å². The number of rotatable bonds is 14. The van der Waals surface area contributed by atoms with Gasteiger partial charge in [0, 0.05) is 25.1 Å². The minimum absolute atomic E-state index is 0.160. The number of nitrogens with one attached hydrogen (secondary N) is 1. The average Bonchev–Trinajstić information content (AvgIpc) is 2.93. The van der Waals surface area contributed by atoms with Crippen LogP contribution in [0.4, 0.5) is 10.1 Å². The Morgan fingerprint density at radius 3 is 2.17 bits per heavy atom. The number of anilines is 1. The molecule has 0 aromatic heterocycles. The molecule has 3 rings (SSSR count). The van der Waals surface area contributed by atoms with E-state index in [9.17, 15) is 22.4 Å². The van der Waals surface area contributed by atoms with E-state index < -0.39 is 40.2 Å². The van der Waals surface area contributed by atoms with Crippen LogP contribution in [0.15, 0.2) is 78.9 Å². The molecular formula is C31H38FN3O5S. The maximum atomic E-state index is 14.8. The molecule has 8 nitrogen and oxygen atoms in total. The molecular weight excluding hydrogens is 545 g/mol. The lowest BCUT2D eigenvalue weighted by atomic mass is 10.0. The summed E-state index contributed by atoms with van der Waals surface area (Å²) >= 11 is 0. The summed E-state index contributed by atoms with van der Waals surface area (Å²) in [5.41, 5.74) is 1.27. The van der Waals surface area contributed by atoms with Crippen LogP contribution in [0.2, 0.25) is 0 Å².